The molecule has 13 heteroatoms. The lowest BCUT2D eigenvalue weighted by Gasteiger charge is -2.24. The van der Waals surface area contributed by atoms with E-state index in [1.807, 2.05) is 5.32 Å². The van der Waals surface area contributed by atoms with Gasteiger partial charge in [-0.05, 0) is 25.0 Å². The minimum Gasteiger partial charge on any atom is -0.494 e. The van der Waals surface area contributed by atoms with Gasteiger partial charge in [0, 0.05) is 36.2 Å². The highest BCUT2D eigenvalue weighted by Gasteiger charge is 2.30. The van der Waals surface area contributed by atoms with Crippen molar-refractivity contribution in [2.24, 2.45) is 5.92 Å². The van der Waals surface area contributed by atoms with Crippen LogP contribution in [0.1, 0.15) is 33.3 Å². The van der Waals surface area contributed by atoms with Crippen LogP contribution in [0.3, 0.4) is 0 Å². The number of anilines is 3. The summed E-state index contributed by atoms with van der Waals surface area (Å²) in [5.74, 6) is -0.101. The second-order valence-corrected chi connectivity index (χ2v) is 8.63. The van der Waals surface area contributed by atoms with Gasteiger partial charge in [0.15, 0.2) is 23.1 Å². The van der Waals surface area contributed by atoms with E-state index in [0.717, 1.165) is 25.9 Å². The number of aromatic nitrogens is 4. The first-order valence-electron chi connectivity index (χ1n) is 13.3. The Kier molecular flexibility index (Phi) is 6.19. The normalized spacial score (nSPS) is 17.3. The molecule has 0 bridgehead atoms. The lowest BCUT2D eigenvalue weighted by Crippen LogP contribution is -2.35. The second kappa shape index (κ2) is 10.9. The summed E-state index contributed by atoms with van der Waals surface area (Å²) >= 11 is 0. The molecule has 0 unspecified atom stereocenters. The van der Waals surface area contributed by atoms with Crippen molar-refractivity contribution in [3.8, 4) is 17.2 Å². The number of nitrogens with one attached hydrogen (secondary N) is 3. The van der Waals surface area contributed by atoms with Crippen LogP contribution in [-0.2, 0) is 16.1 Å². The van der Waals surface area contributed by atoms with Gasteiger partial charge in [0.05, 0.1) is 43.8 Å². The predicted octanol–water partition coefficient (Wildman–Crippen LogP) is 1.82. The highest BCUT2D eigenvalue weighted by atomic mass is 16.5. The number of ether oxygens (including phenoxy) is 2. The molecule has 194 valence electrons. The van der Waals surface area contributed by atoms with Crippen LogP contribution in [0.25, 0.3) is 11.5 Å². The van der Waals surface area contributed by atoms with Crippen molar-refractivity contribution in [2.75, 3.05) is 51.0 Å². The molecular formula is C24H28N8O5. The van der Waals surface area contributed by atoms with Crippen LogP contribution in [0.4, 0.5) is 17.2 Å². The Morgan fingerprint density at radius 1 is 1.22 bits per heavy atom. The summed E-state index contributed by atoms with van der Waals surface area (Å²) in [7, 11) is 1.46. The van der Waals surface area contributed by atoms with E-state index in [1.54, 1.807) is 18.2 Å². The Balaban J connectivity index is 1.44. The molecule has 2 amide bonds. The summed E-state index contributed by atoms with van der Waals surface area (Å²) in [6.07, 6.45) is 1.58. The van der Waals surface area contributed by atoms with E-state index in [1.165, 1.54) is 13.2 Å². The summed E-state index contributed by atoms with van der Waals surface area (Å²) in [5.41, 5.74) is 0.685. The first kappa shape index (κ1) is 21.0. The molecule has 3 N–H and O–H groups in total. The molecule has 3 aromatic rings. The summed E-state index contributed by atoms with van der Waals surface area (Å²) in [4.78, 5) is 31.7. The van der Waals surface area contributed by atoms with Crippen LogP contribution in [0.2, 0.25) is 0 Å². The maximum absolute atomic E-state index is 12.8. The smallest absolute Gasteiger partial charge is 0.273 e. The Bertz CT molecular complexity index is 1390. The number of amides is 2. The lowest BCUT2D eigenvalue weighted by atomic mass is 10.1. The van der Waals surface area contributed by atoms with Crippen LogP contribution in [0, 0.1) is 5.92 Å². The first-order valence-corrected chi connectivity index (χ1v) is 11.8. The second-order valence-electron chi connectivity index (χ2n) is 8.63. The molecule has 3 heterocycles. The predicted molar refractivity (Wildman–Crippen MR) is 132 cm³/mol. The van der Waals surface area contributed by atoms with Gasteiger partial charge in [-0.15, -0.1) is 10.2 Å². The first-order chi connectivity index (χ1) is 19.2. The summed E-state index contributed by atoms with van der Waals surface area (Å²) in [6.45, 7) is 0.597. The largest absolute Gasteiger partial charge is 0.494 e. The van der Waals surface area contributed by atoms with E-state index in [0.29, 0.717) is 42.6 Å². The molecule has 5 rings (SSSR count). The van der Waals surface area contributed by atoms with Crippen molar-refractivity contribution in [3.63, 3.8) is 0 Å². The maximum Gasteiger partial charge on any atom is 0.273 e. The van der Waals surface area contributed by atoms with Gasteiger partial charge in [-0.2, -0.15) is 4.98 Å². The number of morpholine rings is 1. The highest BCUT2D eigenvalue weighted by molar-refractivity contribution is 6.00. The third-order valence-electron chi connectivity index (χ3n) is 5.98. The molecule has 2 aliphatic rings. The quantitative estimate of drug-likeness (QED) is 0.385. The fraction of sp³-hybridized carbons (Fsp3) is 0.417. The average molecular weight is 512 g/mol. The molecule has 37 heavy (non-hydrogen) atoms. The van der Waals surface area contributed by atoms with E-state index < -0.39 is 12.9 Å². The Morgan fingerprint density at radius 2 is 2.05 bits per heavy atom. The van der Waals surface area contributed by atoms with Crippen LogP contribution in [-0.4, -0.2) is 77.4 Å². The van der Waals surface area contributed by atoms with Gasteiger partial charge in [-0.1, -0.05) is 11.2 Å². The zero-order valence-corrected chi connectivity index (χ0v) is 20.1. The Hall–Kier alpha value is -4.10. The number of para-hydroxylation sites is 1. The number of rotatable bonds is 9. The SMILES string of the molecule is [2H]C([2H])([2H])NC(=O)c1nnc(NC(=O)C2CC2)cc1Nc1cccc(-c2nc(CN3CCOCC3)no2)c1OC. The van der Waals surface area contributed by atoms with Gasteiger partial charge in [0.1, 0.15) is 0 Å². The van der Waals surface area contributed by atoms with E-state index in [2.05, 4.69) is 35.9 Å². The summed E-state index contributed by atoms with van der Waals surface area (Å²) < 4.78 is 38.7. The minimum absolute atomic E-state index is 0.0870. The van der Waals surface area contributed by atoms with Crippen molar-refractivity contribution < 1.29 is 27.7 Å². The van der Waals surface area contributed by atoms with Gasteiger partial charge in [-0.3, -0.25) is 14.5 Å². The van der Waals surface area contributed by atoms with Crippen LogP contribution < -0.4 is 20.7 Å². The monoisotopic (exact) mass is 511 g/mol. The third-order valence-corrected chi connectivity index (χ3v) is 5.98. The van der Waals surface area contributed by atoms with Crippen molar-refractivity contribution in [2.45, 2.75) is 19.4 Å². The van der Waals surface area contributed by atoms with E-state index in [9.17, 15) is 9.59 Å². The van der Waals surface area contributed by atoms with Gasteiger partial charge in [0.2, 0.25) is 5.91 Å². The molecule has 1 saturated carbocycles. The fourth-order valence-electron chi connectivity index (χ4n) is 3.90. The molecule has 0 spiro atoms. The van der Waals surface area contributed by atoms with Crippen molar-refractivity contribution in [1.29, 1.82) is 0 Å². The Labute approximate surface area is 217 Å². The number of benzene rings is 1. The molecule has 2 aromatic heterocycles. The van der Waals surface area contributed by atoms with Crippen LogP contribution in [0.15, 0.2) is 28.8 Å². The van der Waals surface area contributed by atoms with Crippen LogP contribution >= 0.6 is 0 Å². The van der Waals surface area contributed by atoms with Gasteiger partial charge in [0.25, 0.3) is 11.8 Å². The zero-order valence-electron chi connectivity index (χ0n) is 23.1. The van der Waals surface area contributed by atoms with Crippen molar-refractivity contribution in [1.82, 2.24) is 30.6 Å². The number of carbonyl (C=O) groups is 2. The number of hydrogen-bond donors (Lipinski definition) is 3. The zero-order chi connectivity index (χ0) is 28.3. The Morgan fingerprint density at radius 3 is 2.81 bits per heavy atom. The molecule has 1 aromatic carbocycles. The minimum atomic E-state index is -2.75. The average Bonchev–Trinajstić information content (AvgIpc) is 3.67. The number of hydrogen-bond acceptors (Lipinski definition) is 11. The molecule has 2 fully saturated rings. The van der Waals surface area contributed by atoms with Crippen LogP contribution in [0.5, 0.6) is 5.75 Å². The molecule has 1 saturated heterocycles. The number of methoxy groups -OCH3 is 1. The summed E-state index contributed by atoms with van der Waals surface area (Å²) in [6, 6.07) is 6.55. The molecular weight excluding hydrogens is 480 g/mol. The number of carbonyl (C=O) groups excluding carboxylic acids is 2. The van der Waals surface area contributed by atoms with Crippen molar-refractivity contribution in [3.05, 3.63) is 35.8 Å². The molecule has 1 aliphatic heterocycles. The van der Waals surface area contributed by atoms with Crippen molar-refractivity contribution >= 4 is 29.0 Å². The van der Waals surface area contributed by atoms with Gasteiger partial charge in [-0.25, -0.2) is 0 Å². The molecule has 13 nitrogen and oxygen atoms in total. The topological polar surface area (TPSA) is 157 Å². The van der Waals surface area contributed by atoms with E-state index in [-0.39, 0.29) is 34.9 Å². The molecule has 1 aliphatic carbocycles. The van der Waals surface area contributed by atoms with E-state index >= 15 is 0 Å². The summed E-state index contributed by atoms with van der Waals surface area (Å²) in [5, 5.41) is 19.5. The highest BCUT2D eigenvalue weighted by Crippen LogP contribution is 2.38. The standard InChI is InChI=1S/C24H28N8O5/c1-25-23(34)20-17(12-18(29-30-20)27-22(33)14-6-7-14)26-16-5-3-4-15(21(16)35-2)24-28-19(31-37-24)13-32-8-10-36-11-9-32/h3-5,12,14H,6-11,13H2,1-2H3,(H,25,34)(H2,26,27,29,33)/i1D3. The van der Waals surface area contributed by atoms with Gasteiger partial charge < -0.3 is 29.9 Å². The maximum atomic E-state index is 12.8. The lowest BCUT2D eigenvalue weighted by molar-refractivity contribution is -0.117. The molecule has 0 atom stereocenters. The van der Waals surface area contributed by atoms with Gasteiger partial charge >= 0.3 is 0 Å². The molecule has 0 radical (unpaired) electrons. The van der Waals surface area contributed by atoms with E-state index in [4.69, 9.17) is 18.1 Å². The fourth-order valence-corrected chi connectivity index (χ4v) is 3.90. The third kappa shape index (κ3) is 5.67. The number of nitrogens with zero attached hydrogens (tertiary/aromatic N) is 5.